The molecule has 37 heavy (non-hydrogen) atoms. The zero-order valence-corrected chi connectivity index (χ0v) is 21.2. The van der Waals surface area contributed by atoms with E-state index in [0.29, 0.717) is 11.1 Å². The number of ether oxygens (including phenoxy) is 3. The highest BCUT2D eigenvalue weighted by Gasteiger charge is 2.43. The maximum absolute atomic E-state index is 12.9. The largest absolute Gasteiger partial charge is 0.508 e. The first-order valence-electron chi connectivity index (χ1n) is 12.2. The first-order chi connectivity index (χ1) is 17.6. The van der Waals surface area contributed by atoms with Gasteiger partial charge < -0.3 is 35.1 Å². The van der Waals surface area contributed by atoms with E-state index in [4.69, 9.17) is 14.2 Å². The highest BCUT2D eigenvalue weighted by atomic mass is 16.7. The van der Waals surface area contributed by atoms with Gasteiger partial charge in [-0.25, -0.2) is 4.79 Å². The molecule has 4 N–H and O–H groups in total. The first kappa shape index (κ1) is 28.1. The molecule has 2 aromatic carbocycles. The zero-order chi connectivity index (χ0) is 27.0. The van der Waals surface area contributed by atoms with Crippen LogP contribution in [0.5, 0.6) is 5.75 Å². The maximum Gasteiger partial charge on any atom is 0.338 e. The van der Waals surface area contributed by atoms with Crippen LogP contribution in [-0.2, 0) is 30.3 Å². The number of rotatable bonds is 10. The number of phenolic OH excluding ortho intramolecular Hbond substituents is 1. The SMILES string of the molecule is CCOC(=O)c1ccc(CNC(=O)C(O)CCNC(=O)[C@@H]2OC(c3ccc(O)cc3)OCC2(C)C)cc1. The number of hydrogen-bond acceptors (Lipinski definition) is 8. The van der Waals surface area contributed by atoms with Crippen LogP contribution in [0, 0.1) is 5.41 Å². The van der Waals surface area contributed by atoms with Crippen LogP contribution in [0.3, 0.4) is 0 Å². The molecule has 0 spiro atoms. The third-order valence-corrected chi connectivity index (χ3v) is 5.93. The Morgan fingerprint density at radius 3 is 2.41 bits per heavy atom. The van der Waals surface area contributed by atoms with Crippen molar-refractivity contribution in [2.45, 2.75) is 52.2 Å². The zero-order valence-electron chi connectivity index (χ0n) is 21.2. The number of aliphatic hydroxyl groups is 1. The number of carbonyl (C=O) groups is 3. The molecule has 2 unspecified atom stereocenters. The molecular weight excluding hydrogens is 480 g/mol. The lowest BCUT2D eigenvalue weighted by molar-refractivity contribution is -0.258. The van der Waals surface area contributed by atoms with E-state index in [1.807, 2.05) is 13.8 Å². The van der Waals surface area contributed by atoms with E-state index in [2.05, 4.69) is 10.6 Å². The van der Waals surface area contributed by atoms with Crippen molar-refractivity contribution in [1.82, 2.24) is 10.6 Å². The lowest BCUT2D eigenvalue weighted by Crippen LogP contribution is -2.52. The third kappa shape index (κ3) is 7.75. The molecule has 3 atom stereocenters. The minimum absolute atomic E-state index is 0.0183. The van der Waals surface area contributed by atoms with E-state index in [1.54, 1.807) is 43.3 Å². The molecule has 0 aromatic heterocycles. The van der Waals surface area contributed by atoms with Gasteiger partial charge in [-0.2, -0.15) is 0 Å². The summed E-state index contributed by atoms with van der Waals surface area (Å²) in [6.07, 6.45) is -2.87. The van der Waals surface area contributed by atoms with Crippen molar-refractivity contribution in [3.05, 3.63) is 65.2 Å². The number of hydrogen-bond donors (Lipinski definition) is 4. The van der Waals surface area contributed by atoms with E-state index < -0.39 is 35.8 Å². The Morgan fingerprint density at radius 1 is 1.08 bits per heavy atom. The van der Waals surface area contributed by atoms with Gasteiger partial charge in [-0.1, -0.05) is 38.1 Å². The summed E-state index contributed by atoms with van der Waals surface area (Å²) in [5.74, 6) is -1.24. The molecule has 3 rings (SSSR count). The molecule has 10 heteroatoms. The third-order valence-electron chi connectivity index (χ3n) is 5.93. The van der Waals surface area contributed by atoms with E-state index in [9.17, 15) is 24.6 Å². The smallest absolute Gasteiger partial charge is 0.338 e. The van der Waals surface area contributed by atoms with Crippen LogP contribution in [0.1, 0.15) is 55.0 Å². The number of nitrogens with one attached hydrogen (secondary N) is 2. The van der Waals surface area contributed by atoms with Crippen LogP contribution in [0.2, 0.25) is 0 Å². The Kier molecular flexibility index (Phi) is 9.62. The molecule has 1 heterocycles. The molecule has 1 aliphatic heterocycles. The number of aromatic hydroxyl groups is 1. The van der Waals surface area contributed by atoms with Gasteiger partial charge >= 0.3 is 5.97 Å². The fourth-order valence-corrected chi connectivity index (χ4v) is 3.77. The fourth-order valence-electron chi connectivity index (χ4n) is 3.77. The van der Waals surface area contributed by atoms with Gasteiger partial charge in [0.15, 0.2) is 6.29 Å². The molecule has 200 valence electrons. The molecule has 0 aliphatic carbocycles. The quantitative estimate of drug-likeness (QED) is 0.353. The van der Waals surface area contributed by atoms with Gasteiger partial charge in [-0.05, 0) is 43.2 Å². The van der Waals surface area contributed by atoms with E-state index >= 15 is 0 Å². The molecule has 0 radical (unpaired) electrons. The van der Waals surface area contributed by atoms with Crippen LogP contribution in [0.4, 0.5) is 0 Å². The minimum Gasteiger partial charge on any atom is -0.508 e. The first-order valence-corrected chi connectivity index (χ1v) is 12.2. The summed E-state index contributed by atoms with van der Waals surface area (Å²) in [5.41, 5.74) is 1.24. The number of aliphatic hydroxyl groups excluding tert-OH is 1. The van der Waals surface area contributed by atoms with Crippen LogP contribution in [0.25, 0.3) is 0 Å². The highest BCUT2D eigenvalue weighted by Crippen LogP contribution is 2.36. The molecular formula is C27H34N2O8. The summed E-state index contributed by atoms with van der Waals surface area (Å²) in [6.45, 7) is 6.25. The van der Waals surface area contributed by atoms with Crippen molar-refractivity contribution in [1.29, 1.82) is 0 Å². The van der Waals surface area contributed by atoms with Crippen molar-refractivity contribution in [3.8, 4) is 5.75 Å². The van der Waals surface area contributed by atoms with Crippen molar-refractivity contribution in [3.63, 3.8) is 0 Å². The normalized spacial score (nSPS) is 19.5. The predicted octanol–water partition coefficient (Wildman–Crippen LogP) is 2.19. The van der Waals surface area contributed by atoms with Gasteiger partial charge in [0.2, 0.25) is 11.8 Å². The summed E-state index contributed by atoms with van der Waals surface area (Å²) in [7, 11) is 0. The van der Waals surface area contributed by atoms with E-state index in [-0.39, 0.29) is 44.4 Å². The molecule has 1 fully saturated rings. The second kappa shape index (κ2) is 12.7. The van der Waals surface area contributed by atoms with Crippen molar-refractivity contribution in [2.75, 3.05) is 19.8 Å². The lowest BCUT2D eigenvalue weighted by Gasteiger charge is -2.41. The number of esters is 1. The summed E-state index contributed by atoms with van der Waals surface area (Å²) < 4.78 is 16.6. The van der Waals surface area contributed by atoms with Gasteiger partial charge in [-0.3, -0.25) is 9.59 Å². The van der Waals surface area contributed by atoms with Gasteiger partial charge in [-0.15, -0.1) is 0 Å². The summed E-state index contributed by atoms with van der Waals surface area (Å²) in [4.78, 5) is 36.9. The molecule has 10 nitrogen and oxygen atoms in total. The molecule has 1 aliphatic rings. The number of amides is 2. The van der Waals surface area contributed by atoms with Crippen LogP contribution in [0.15, 0.2) is 48.5 Å². The molecule has 0 bridgehead atoms. The second-order valence-corrected chi connectivity index (χ2v) is 9.47. The van der Waals surface area contributed by atoms with Gasteiger partial charge in [0.05, 0.1) is 18.8 Å². The van der Waals surface area contributed by atoms with Gasteiger partial charge in [0.1, 0.15) is 18.0 Å². The van der Waals surface area contributed by atoms with E-state index in [0.717, 1.165) is 5.56 Å². The van der Waals surface area contributed by atoms with Crippen molar-refractivity contribution >= 4 is 17.8 Å². The highest BCUT2D eigenvalue weighted by molar-refractivity contribution is 5.89. The van der Waals surface area contributed by atoms with Crippen LogP contribution < -0.4 is 10.6 Å². The number of benzene rings is 2. The van der Waals surface area contributed by atoms with E-state index in [1.165, 1.54) is 12.1 Å². The summed E-state index contributed by atoms with van der Waals surface area (Å²) >= 11 is 0. The number of phenols is 1. The standard InChI is InChI=1S/C27H34N2O8/c1-4-35-25(34)18-7-5-17(6-8-18)15-29-23(32)21(31)13-14-28-24(33)22-27(2,3)16-36-26(37-22)19-9-11-20(30)12-10-19/h5-12,21-22,26,30-31H,4,13-16H2,1-3H3,(H,28,33)(H,29,32)/t21?,22-,26?/m0/s1. The minimum atomic E-state index is -1.31. The Labute approximate surface area is 215 Å². The van der Waals surface area contributed by atoms with Gasteiger partial charge in [0.25, 0.3) is 0 Å². The Balaban J connectivity index is 1.44. The molecule has 2 aromatic rings. The Hall–Kier alpha value is -3.47. The monoisotopic (exact) mass is 514 g/mol. The topological polar surface area (TPSA) is 143 Å². The molecule has 2 amide bonds. The molecule has 1 saturated heterocycles. The Morgan fingerprint density at radius 2 is 1.76 bits per heavy atom. The molecule has 0 saturated carbocycles. The summed E-state index contributed by atoms with van der Waals surface area (Å²) in [5, 5.41) is 25.1. The fraction of sp³-hybridized carbons (Fsp3) is 0.444. The Bertz CT molecular complexity index is 1070. The second-order valence-electron chi connectivity index (χ2n) is 9.47. The lowest BCUT2D eigenvalue weighted by atomic mass is 9.85. The van der Waals surface area contributed by atoms with Crippen molar-refractivity contribution < 1.29 is 38.8 Å². The predicted molar refractivity (Wildman–Crippen MR) is 133 cm³/mol. The van der Waals surface area contributed by atoms with Crippen LogP contribution >= 0.6 is 0 Å². The number of carbonyl (C=O) groups excluding carboxylic acids is 3. The van der Waals surface area contributed by atoms with Gasteiger partial charge in [0, 0.05) is 24.1 Å². The average Bonchev–Trinajstić information content (AvgIpc) is 2.88. The maximum atomic E-state index is 12.9. The summed E-state index contributed by atoms with van der Waals surface area (Å²) in [6, 6.07) is 13.0. The van der Waals surface area contributed by atoms with Crippen molar-refractivity contribution in [2.24, 2.45) is 5.41 Å². The average molecular weight is 515 g/mol. The van der Waals surface area contributed by atoms with Crippen LogP contribution in [-0.4, -0.2) is 60.0 Å².